The molecule has 7 atom stereocenters. The van der Waals surface area contributed by atoms with Crippen molar-refractivity contribution in [1.82, 2.24) is 0 Å². The summed E-state index contributed by atoms with van der Waals surface area (Å²) in [5, 5.41) is 0. The molecule has 0 amide bonds. The molecule has 28 heavy (non-hydrogen) atoms. The molecule has 0 bridgehead atoms. The van der Waals surface area contributed by atoms with Crippen molar-refractivity contribution in [3.8, 4) is 0 Å². The Morgan fingerprint density at radius 2 is 2.07 bits per heavy atom. The predicted octanol–water partition coefficient (Wildman–Crippen LogP) is 3.71. The number of aryl methyl sites for hydroxylation is 1. The Balaban J connectivity index is 1.54. The molecule has 0 N–H and O–H groups in total. The summed E-state index contributed by atoms with van der Waals surface area (Å²) in [5.74, 6) is -0.277. The van der Waals surface area contributed by atoms with Gasteiger partial charge in [-0.1, -0.05) is 18.2 Å². The van der Waals surface area contributed by atoms with Gasteiger partial charge in [0.15, 0.2) is 0 Å². The number of hydrogen-bond acceptors (Lipinski definition) is 5. The predicted molar refractivity (Wildman–Crippen MR) is 101 cm³/mol. The summed E-state index contributed by atoms with van der Waals surface area (Å²) >= 11 is 0. The van der Waals surface area contributed by atoms with Crippen molar-refractivity contribution in [2.24, 2.45) is 5.92 Å². The second-order valence-electron chi connectivity index (χ2n) is 7.10. The first-order chi connectivity index (χ1) is 13.3. The summed E-state index contributed by atoms with van der Waals surface area (Å²) in [6.45, 7) is 0.245. The zero-order valence-electron chi connectivity index (χ0n) is 15.1. The van der Waals surface area contributed by atoms with Gasteiger partial charge in [-0.3, -0.25) is 4.79 Å². The maximum Gasteiger partial charge on any atom is 0.416 e. The quantitative estimate of drug-likeness (QED) is 0.458. The molecule has 1 aliphatic carbocycles. The number of fused-ring (bicyclic) bond motifs is 1. The lowest BCUT2D eigenvalue weighted by atomic mass is 10.0. The smallest absolute Gasteiger partial charge is 0.416 e. The molecule has 156 valence electrons. The van der Waals surface area contributed by atoms with Crippen LogP contribution in [0.4, 0.5) is 13.2 Å². The number of esters is 1. The van der Waals surface area contributed by atoms with Crippen LogP contribution in [0, 0.1) is 5.92 Å². The minimum absolute atomic E-state index is 0.0494. The van der Waals surface area contributed by atoms with E-state index in [0.29, 0.717) is 31.2 Å². The molecule has 0 spiro atoms. The lowest BCUT2D eigenvalue weighted by Crippen LogP contribution is -2.33. The van der Waals surface area contributed by atoms with Crippen molar-refractivity contribution in [2.45, 2.75) is 56.3 Å². The molecule has 1 saturated carbocycles. The average Bonchev–Trinajstić information content (AvgIpc) is 3.17. The van der Waals surface area contributed by atoms with E-state index in [1.54, 1.807) is 6.07 Å². The highest BCUT2D eigenvalue weighted by Gasteiger charge is 2.51. The second kappa shape index (κ2) is 9.36. The fourth-order valence-corrected chi connectivity index (χ4v) is 4.30. The highest BCUT2D eigenvalue weighted by atomic mass is 31.0. The van der Waals surface area contributed by atoms with Gasteiger partial charge in [-0.05, 0) is 24.5 Å². The first-order valence-corrected chi connectivity index (χ1v) is 9.94. The Bertz CT molecular complexity index is 687. The Kier molecular flexibility index (Phi) is 7.32. The van der Waals surface area contributed by atoms with Gasteiger partial charge in [0.2, 0.25) is 0 Å². The summed E-state index contributed by atoms with van der Waals surface area (Å²) in [4.78, 5) is 11.5. The molecule has 0 aromatic heterocycles. The normalized spacial score (nSPS) is 28.2. The third kappa shape index (κ3) is 5.22. The first-order valence-electron chi connectivity index (χ1n) is 9.00. The molecule has 5 nitrogen and oxygen atoms in total. The van der Waals surface area contributed by atoms with E-state index in [9.17, 15) is 18.0 Å². The van der Waals surface area contributed by atoms with Crippen LogP contribution in [0.15, 0.2) is 24.3 Å². The van der Waals surface area contributed by atoms with Crippen LogP contribution in [-0.4, -0.2) is 37.0 Å². The fraction of sp³-hybridized carbons (Fsp3) is 0.611. The summed E-state index contributed by atoms with van der Waals surface area (Å²) < 4.78 is 60.5. The number of benzene rings is 1. The second-order valence-corrected chi connectivity index (χ2v) is 7.64. The van der Waals surface area contributed by atoms with Gasteiger partial charge in [0.1, 0.15) is 6.10 Å². The molecular weight excluding hydrogens is 415 g/mol. The van der Waals surface area contributed by atoms with Crippen LogP contribution < -0.4 is 0 Å². The number of hydrogen-bond donors (Lipinski definition) is 0. The van der Waals surface area contributed by atoms with Gasteiger partial charge >= 0.3 is 12.1 Å². The van der Waals surface area contributed by atoms with Crippen LogP contribution in [0.25, 0.3) is 0 Å². The summed E-state index contributed by atoms with van der Waals surface area (Å²) in [7, 11) is 4.40. The number of carbonyl (C=O) groups excluding carboxylic acids is 1. The van der Waals surface area contributed by atoms with Crippen LogP contribution in [0.5, 0.6) is 0 Å². The maximum absolute atomic E-state index is 12.8. The monoisotopic (exact) mass is 438 g/mol. The molecule has 1 aromatic carbocycles. The van der Waals surface area contributed by atoms with E-state index in [-0.39, 0.29) is 42.9 Å². The van der Waals surface area contributed by atoms with E-state index < -0.39 is 11.7 Å². The van der Waals surface area contributed by atoms with Crippen LogP contribution in [0.2, 0.25) is 0 Å². The summed E-state index contributed by atoms with van der Waals surface area (Å²) in [6.07, 6.45) is -3.54. The molecule has 1 heterocycles. The number of carbonyl (C=O) groups is 1. The molecule has 7 unspecified atom stereocenters. The van der Waals surface area contributed by atoms with Gasteiger partial charge in [0.25, 0.3) is 0 Å². The van der Waals surface area contributed by atoms with Crippen molar-refractivity contribution in [3.63, 3.8) is 0 Å². The Hall–Kier alpha value is -0.780. The zero-order valence-corrected chi connectivity index (χ0v) is 17.4. The topological polar surface area (TPSA) is 54.0 Å². The summed E-state index contributed by atoms with van der Waals surface area (Å²) in [6, 6.07) is 5.28. The average molecular weight is 438 g/mol. The number of halogens is 3. The van der Waals surface area contributed by atoms with E-state index in [1.807, 2.05) is 0 Å². The first kappa shape index (κ1) is 21.9. The number of alkyl halides is 3. The standard InChI is InChI=1S/C18H23F3O5P2/c19-18(20,21)11-3-1-2-10(6-11)4-5-12(25-27)9-23-17-13-7-16(22)24-14(13)8-15(17)26-28/h1-3,6,12-15,17H,4-5,7-9,27-28H2. The van der Waals surface area contributed by atoms with Gasteiger partial charge in [0, 0.05) is 31.3 Å². The highest BCUT2D eigenvalue weighted by Crippen LogP contribution is 2.41. The van der Waals surface area contributed by atoms with E-state index >= 15 is 0 Å². The molecule has 1 saturated heterocycles. The molecule has 1 aromatic rings. The van der Waals surface area contributed by atoms with Crippen LogP contribution in [-0.2, 0) is 35.9 Å². The highest BCUT2D eigenvalue weighted by molar-refractivity contribution is 7.10. The van der Waals surface area contributed by atoms with Gasteiger partial charge in [-0.15, -0.1) is 0 Å². The Morgan fingerprint density at radius 1 is 1.29 bits per heavy atom. The van der Waals surface area contributed by atoms with Crippen LogP contribution in [0.1, 0.15) is 30.4 Å². The SMILES string of the molecule is O=C1CC2C(CC(OP)C2OCC(CCc2cccc(C(F)(F)F)c2)OP)O1. The van der Waals surface area contributed by atoms with Crippen LogP contribution >= 0.6 is 18.9 Å². The zero-order chi connectivity index (χ0) is 20.3. The van der Waals surface area contributed by atoms with Crippen molar-refractivity contribution >= 4 is 24.9 Å². The van der Waals surface area contributed by atoms with Gasteiger partial charge in [-0.25, -0.2) is 0 Å². The molecule has 10 heteroatoms. The number of rotatable bonds is 8. The Morgan fingerprint density at radius 3 is 2.75 bits per heavy atom. The van der Waals surface area contributed by atoms with Gasteiger partial charge < -0.3 is 18.5 Å². The van der Waals surface area contributed by atoms with E-state index in [0.717, 1.165) is 12.1 Å². The third-order valence-corrected chi connectivity index (χ3v) is 6.00. The van der Waals surface area contributed by atoms with Gasteiger partial charge in [-0.2, -0.15) is 13.2 Å². The fourth-order valence-electron chi connectivity index (χ4n) is 3.82. The molecule has 0 radical (unpaired) electrons. The van der Waals surface area contributed by atoms with Crippen molar-refractivity contribution in [3.05, 3.63) is 35.4 Å². The minimum atomic E-state index is -4.36. The molecule has 3 rings (SSSR count). The van der Waals surface area contributed by atoms with E-state index in [4.69, 9.17) is 18.5 Å². The Labute approximate surface area is 166 Å². The van der Waals surface area contributed by atoms with Gasteiger partial charge in [0.05, 0.1) is 36.9 Å². The van der Waals surface area contributed by atoms with Crippen molar-refractivity contribution in [1.29, 1.82) is 0 Å². The third-order valence-electron chi connectivity index (χ3n) is 5.27. The van der Waals surface area contributed by atoms with E-state index in [2.05, 4.69) is 18.9 Å². The molecular formula is C18H23F3O5P2. The molecule has 2 fully saturated rings. The molecule has 1 aliphatic heterocycles. The van der Waals surface area contributed by atoms with Crippen LogP contribution in [0.3, 0.4) is 0 Å². The van der Waals surface area contributed by atoms with E-state index in [1.165, 1.54) is 6.07 Å². The summed E-state index contributed by atoms with van der Waals surface area (Å²) in [5.41, 5.74) is -0.0725. The molecule has 2 aliphatic rings. The lowest BCUT2D eigenvalue weighted by molar-refractivity contribution is -0.142. The minimum Gasteiger partial charge on any atom is -0.462 e. The largest absolute Gasteiger partial charge is 0.462 e. The van der Waals surface area contributed by atoms with Crippen molar-refractivity contribution in [2.75, 3.05) is 6.61 Å². The van der Waals surface area contributed by atoms with Crippen molar-refractivity contribution < 1.29 is 36.5 Å². The lowest BCUT2D eigenvalue weighted by Gasteiger charge is -2.25. The maximum atomic E-state index is 12.8. The number of ether oxygens (including phenoxy) is 2.